The van der Waals surface area contributed by atoms with E-state index in [1.807, 2.05) is 105 Å². The van der Waals surface area contributed by atoms with Gasteiger partial charge in [-0.3, -0.25) is 4.90 Å². The van der Waals surface area contributed by atoms with Gasteiger partial charge in [-0.05, 0) is 154 Å². The highest BCUT2D eigenvalue weighted by molar-refractivity contribution is 7.91. The Morgan fingerprint density at radius 1 is 0.416 bits per heavy atom. The predicted octanol–water partition coefficient (Wildman–Crippen LogP) is 13.5. The summed E-state index contributed by atoms with van der Waals surface area (Å²) in [5.41, 5.74) is 32.4. The van der Waals surface area contributed by atoms with E-state index in [2.05, 4.69) is 161 Å². The van der Waals surface area contributed by atoms with Gasteiger partial charge in [0.1, 0.15) is 27.1 Å². The van der Waals surface area contributed by atoms with Crippen LogP contribution >= 0.6 is 0 Å². The SMILES string of the molecule is CC.CC.CCCN(CCO)CCO.CN.CN.CO.CO.CS(=O)(=O)CCNCCN.CS(=O)(=O)c1cc(N)ccc1N.Cc1cc(O)c(C)cc1O.Cc1cccc2ccccc12.Cc1cccc2ccccc12.Cc1ccccc1.Cc1ccccc1.Oc1cccc2ccccc12. The first-order valence-corrected chi connectivity index (χ1v) is 37.3. The summed E-state index contributed by atoms with van der Waals surface area (Å²) >= 11 is 0. The molecule has 0 aliphatic carbocycles. The third kappa shape index (κ3) is 49.7. The fraction of sp³-hybridized carbons (Fsp3) is 0.333. The summed E-state index contributed by atoms with van der Waals surface area (Å²) in [4.78, 5) is 2.13. The number of sulfone groups is 2. The van der Waals surface area contributed by atoms with Crippen LogP contribution in [0.25, 0.3) is 32.3 Å². The van der Waals surface area contributed by atoms with Crippen LogP contribution in [0.2, 0.25) is 0 Å². The zero-order valence-corrected chi connectivity index (χ0v) is 64.9. The van der Waals surface area contributed by atoms with Crippen molar-refractivity contribution in [3.63, 3.8) is 0 Å². The van der Waals surface area contributed by atoms with E-state index in [0.717, 1.165) is 44.2 Å². The van der Waals surface area contributed by atoms with Gasteiger partial charge < -0.3 is 69.7 Å². The fourth-order valence-electron chi connectivity index (χ4n) is 8.13. The van der Waals surface area contributed by atoms with Crippen LogP contribution in [0.4, 0.5) is 11.4 Å². The van der Waals surface area contributed by atoms with Gasteiger partial charge in [0, 0.05) is 70.5 Å². The number of aryl methyl sites for hydroxylation is 6. The Morgan fingerprint density at radius 3 is 1.07 bits per heavy atom. The summed E-state index contributed by atoms with van der Waals surface area (Å²) < 4.78 is 43.2. The first-order chi connectivity index (χ1) is 48.3. The van der Waals surface area contributed by atoms with Crippen LogP contribution < -0.4 is 34.0 Å². The third-order valence-electron chi connectivity index (χ3n) is 13.0. The van der Waals surface area contributed by atoms with E-state index in [4.69, 9.17) is 47.8 Å². The summed E-state index contributed by atoms with van der Waals surface area (Å²) in [5, 5.41) is 69.0. The van der Waals surface area contributed by atoms with E-state index < -0.39 is 19.7 Å². The second kappa shape index (κ2) is 64.9. The molecule has 0 saturated carbocycles. The third-order valence-corrected chi connectivity index (χ3v) is 15.1. The minimum Gasteiger partial charge on any atom is -0.508 e. The van der Waals surface area contributed by atoms with Gasteiger partial charge in [-0.2, -0.15) is 0 Å². The number of benzene rings is 10. The molecule has 0 saturated heterocycles. The molecule has 0 bridgehead atoms. The fourth-order valence-corrected chi connectivity index (χ4v) is 9.49. The summed E-state index contributed by atoms with van der Waals surface area (Å²) in [7, 11) is -1.07. The molecule has 18 nitrogen and oxygen atoms in total. The molecule has 0 aliphatic heterocycles. The molecule has 0 aliphatic rings. The molecule has 0 amide bonds. The number of aliphatic hydroxyl groups is 4. The lowest BCUT2D eigenvalue weighted by atomic mass is 10.1. The number of hydrogen-bond donors (Lipinski definition) is 13. The van der Waals surface area contributed by atoms with E-state index in [1.54, 1.807) is 38.1 Å². The first kappa shape index (κ1) is 101. The van der Waals surface area contributed by atoms with Gasteiger partial charge >= 0.3 is 0 Å². The van der Waals surface area contributed by atoms with Crippen molar-refractivity contribution in [2.24, 2.45) is 17.2 Å². The van der Waals surface area contributed by atoms with Gasteiger partial charge in [-0.15, -0.1) is 0 Å². The second-order valence-electron chi connectivity index (χ2n) is 20.9. The number of nitrogen functional groups attached to an aromatic ring is 2. The highest BCUT2D eigenvalue weighted by Gasteiger charge is 2.11. The average molecular weight is 1440 g/mol. The Labute approximate surface area is 607 Å². The molecule has 10 aromatic rings. The lowest BCUT2D eigenvalue weighted by Crippen LogP contribution is -2.30. The maximum atomic E-state index is 11.1. The Morgan fingerprint density at radius 2 is 0.762 bits per heavy atom. The lowest BCUT2D eigenvalue weighted by Gasteiger charge is -2.18. The van der Waals surface area contributed by atoms with E-state index in [0.29, 0.717) is 55.3 Å². The lowest BCUT2D eigenvalue weighted by molar-refractivity contribution is 0.161. The number of aliphatic hydroxyl groups excluding tert-OH is 4. The standard InChI is InChI=1S/2C11H10.C10H8O.C8H10O2.C7H10N2O2S.C7H17NO2.2C7H8.C5H14N2O2S.2C2H6.2CH5N.2CH4O/c2*1-9-5-4-7-10-6-2-3-8-11(9)10;11-10-7-3-5-8-4-1-2-6-9(8)10;1-5-3-8(10)6(2)4-7(5)9;1-12(10,11)7-4-5(8)2-3-6(7)9;1-2-3-8(4-6-9)5-7-10;2*1-7-5-3-2-4-6-7;1-10(8,9)5-4-7-3-2-6;6*1-2/h2*2-8H,1H3;1-7,11H;3-4,9-10H,1-2H3;2-4H,8-9H2,1H3;9-10H,2-7H2,1H3;2*2-6H,1H3;7H,2-6H2,1H3;2*1-2H3;2*2H2,1H3;2*2H,1H3. The second-order valence-corrected chi connectivity index (χ2v) is 25.1. The number of hydrogen-bond acceptors (Lipinski definition) is 18. The first-order valence-electron chi connectivity index (χ1n) is 33.4. The number of anilines is 2. The topological polar surface area (TPSA) is 355 Å². The molecule has 0 heterocycles. The smallest absolute Gasteiger partial charge is 0.177 e. The van der Waals surface area contributed by atoms with Gasteiger partial charge in [0.2, 0.25) is 0 Å². The normalized spacial score (nSPS) is 9.48. The number of fused-ring (bicyclic) bond motifs is 3. The monoisotopic (exact) mass is 1440 g/mol. The molecular weight excluding hydrogens is 1310 g/mol. The minimum atomic E-state index is -3.26. The number of nitrogens with one attached hydrogen (secondary N) is 1. The van der Waals surface area contributed by atoms with Crippen molar-refractivity contribution in [1.29, 1.82) is 0 Å². The molecule has 562 valence electrons. The number of nitrogens with two attached hydrogens (primary N) is 5. The number of phenols is 3. The van der Waals surface area contributed by atoms with Crippen LogP contribution in [-0.2, 0) is 19.7 Å². The highest BCUT2D eigenvalue weighted by atomic mass is 32.2. The van der Waals surface area contributed by atoms with Crippen LogP contribution in [0.5, 0.6) is 17.2 Å². The van der Waals surface area contributed by atoms with Crippen molar-refractivity contribution in [3.8, 4) is 17.2 Å². The Hall–Kier alpha value is -8.48. The van der Waals surface area contributed by atoms with E-state index >= 15 is 0 Å². The molecular formula is C81H125N7O11S2. The highest BCUT2D eigenvalue weighted by Crippen LogP contribution is 2.26. The molecule has 10 aromatic carbocycles. The number of aromatic hydroxyl groups is 3. The van der Waals surface area contributed by atoms with Crippen LogP contribution in [0.1, 0.15) is 74.4 Å². The Bertz CT molecular complexity index is 3530. The predicted molar refractivity (Wildman–Crippen MR) is 435 cm³/mol. The molecule has 0 fully saturated rings. The van der Waals surface area contributed by atoms with Crippen LogP contribution in [0.15, 0.2) is 223 Å². The molecule has 20 heteroatoms. The van der Waals surface area contributed by atoms with Gasteiger partial charge in [0.15, 0.2) is 9.84 Å². The quantitative estimate of drug-likeness (QED) is 0.0307. The minimum absolute atomic E-state index is 0.0856. The van der Waals surface area contributed by atoms with Gasteiger partial charge in [-0.25, -0.2) is 16.8 Å². The Kier molecular flexibility index (Phi) is 65.0. The van der Waals surface area contributed by atoms with Crippen molar-refractivity contribution in [2.75, 3.05) is 111 Å². The molecule has 0 radical (unpaired) electrons. The zero-order chi connectivity index (χ0) is 78.2. The van der Waals surface area contributed by atoms with E-state index in [1.165, 1.54) is 76.3 Å². The molecule has 0 aromatic heterocycles. The molecule has 18 N–H and O–H groups in total. The Balaban J connectivity index is -0.000000337. The van der Waals surface area contributed by atoms with E-state index in [-0.39, 0.29) is 41.0 Å². The molecule has 10 rings (SSSR count). The van der Waals surface area contributed by atoms with Crippen molar-refractivity contribution in [2.45, 2.75) is 87.5 Å². The number of phenolic OH excluding ortho intramolecular Hbond substituents is 3. The van der Waals surface area contributed by atoms with Crippen LogP contribution in [0, 0.1) is 41.5 Å². The van der Waals surface area contributed by atoms with Crippen molar-refractivity contribution >= 4 is 63.4 Å². The largest absolute Gasteiger partial charge is 0.508 e. The van der Waals surface area contributed by atoms with Crippen molar-refractivity contribution in [3.05, 3.63) is 252 Å². The maximum Gasteiger partial charge on any atom is 0.177 e. The average Bonchev–Trinajstić information content (AvgIpc) is 0.861. The summed E-state index contributed by atoms with van der Waals surface area (Å²) in [6, 6.07) is 70.9. The summed E-state index contributed by atoms with van der Waals surface area (Å²) in [5.74, 6) is 1.00. The zero-order valence-electron chi connectivity index (χ0n) is 63.3. The van der Waals surface area contributed by atoms with Crippen LogP contribution in [-0.4, -0.2) is 157 Å². The molecule has 0 spiro atoms. The van der Waals surface area contributed by atoms with Crippen molar-refractivity contribution < 1.29 is 52.6 Å². The van der Waals surface area contributed by atoms with Gasteiger partial charge in [-0.1, -0.05) is 228 Å². The number of rotatable bonds is 12. The summed E-state index contributed by atoms with van der Waals surface area (Å²) in [6.45, 7) is 26.4. The summed E-state index contributed by atoms with van der Waals surface area (Å²) in [6.07, 6.45) is 3.38. The van der Waals surface area contributed by atoms with Gasteiger partial charge in [0.05, 0.1) is 29.5 Å². The molecule has 0 atom stereocenters. The van der Waals surface area contributed by atoms with E-state index in [9.17, 15) is 21.9 Å². The molecule has 101 heavy (non-hydrogen) atoms. The number of nitrogens with zero attached hydrogens (tertiary/aromatic N) is 1. The molecule has 0 unspecified atom stereocenters. The maximum absolute atomic E-state index is 11.1. The van der Waals surface area contributed by atoms with Crippen molar-refractivity contribution in [1.82, 2.24) is 10.2 Å². The van der Waals surface area contributed by atoms with Gasteiger partial charge in [0.25, 0.3) is 0 Å². The van der Waals surface area contributed by atoms with Crippen LogP contribution in [0.3, 0.4) is 0 Å².